The first kappa shape index (κ1) is 22.8. The van der Waals surface area contributed by atoms with E-state index in [2.05, 4.69) is 5.32 Å². The lowest BCUT2D eigenvalue weighted by Gasteiger charge is -2.31. The van der Waals surface area contributed by atoms with Crippen LogP contribution in [0.4, 0.5) is 0 Å². The second-order valence-electron chi connectivity index (χ2n) is 7.00. The second kappa shape index (κ2) is 11.5. The molecule has 0 aromatic heterocycles. The van der Waals surface area contributed by atoms with Crippen LogP contribution in [0.5, 0.6) is 5.75 Å². The molecule has 0 radical (unpaired) electrons. The Balaban J connectivity index is 2.18. The summed E-state index contributed by atoms with van der Waals surface area (Å²) in [6.45, 7) is 6.04. The van der Waals surface area contributed by atoms with Crippen molar-refractivity contribution in [3.8, 4) is 5.75 Å². The molecule has 0 bridgehead atoms. The Morgan fingerprint density at radius 3 is 2.41 bits per heavy atom. The third kappa shape index (κ3) is 7.09. The molecule has 2 aromatic rings. The van der Waals surface area contributed by atoms with Gasteiger partial charge < -0.3 is 15.0 Å². The molecular formula is C23H29ClN2O3. The number of carbonyl (C=O) groups is 2. The summed E-state index contributed by atoms with van der Waals surface area (Å²) in [5.74, 6) is 0.122. The SMILES string of the molecule is CCC(C)NC(=O)C(CC)N(Cc1ccccc1)C(=O)COc1cccc(Cl)c1. The molecule has 156 valence electrons. The molecule has 0 aliphatic carbocycles. The third-order valence-electron chi connectivity index (χ3n) is 4.74. The van der Waals surface area contributed by atoms with E-state index in [1.54, 1.807) is 29.2 Å². The number of nitrogens with zero attached hydrogens (tertiary/aromatic N) is 1. The van der Waals surface area contributed by atoms with Crippen molar-refractivity contribution in [2.45, 2.75) is 52.2 Å². The van der Waals surface area contributed by atoms with Crippen molar-refractivity contribution in [3.05, 3.63) is 65.2 Å². The first-order valence-electron chi connectivity index (χ1n) is 9.96. The van der Waals surface area contributed by atoms with E-state index in [4.69, 9.17) is 16.3 Å². The van der Waals surface area contributed by atoms with Gasteiger partial charge in [-0.3, -0.25) is 9.59 Å². The zero-order chi connectivity index (χ0) is 21.2. The van der Waals surface area contributed by atoms with Gasteiger partial charge in [-0.05, 0) is 43.5 Å². The van der Waals surface area contributed by atoms with E-state index < -0.39 is 6.04 Å². The molecule has 2 unspecified atom stereocenters. The monoisotopic (exact) mass is 416 g/mol. The molecule has 6 heteroatoms. The van der Waals surface area contributed by atoms with E-state index >= 15 is 0 Å². The van der Waals surface area contributed by atoms with Crippen molar-refractivity contribution < 1.29 is 14.3 Å². The van der Waals surface area contributed by atoms with Crippen LogP contribution in [0.2, 0.25) is 5.02 Å². The molecule has 5 nitrogen and oxygen atoms in total. The maximum atomic E-state index is 13.1. The Morgan fingerprint density at radius 2 is 1.79 bits per heavy atom. The van der Waals surface area contributed by atoms with Crippen molar-refractivity contribution in [1.82, 2.24) is 10.2 Å². The van der Waals surface area contributed by atoms with Gasteiger partial charge in [-0.1, -0.05) is 61.8 Å². The number of nitrogens with one attached hydrogen (secondary N) is 1. The molecular weight excluding hydrogens is 388 g/mol. The quantitative estimate of drug-likeness (QED) is 0.622. The maximum Gasteiger partial charge on any atom is 0.261 e. The Hall–Kier alpha value is -2.53. The van der Waals surface area contributed by atoms with E-state index in [0.717, 1.165) is 12.0 Å². The van der Waals surface area contributed by atoms with Crippen LogP contribution in [0.15, 0.2) is 54.6 Å². The van der Waals surface area contributed by atoms with Gasteiger partial charge in [0.2, 0.25) is 5.91 Å². The molecule has 0 spiro atoms. The highest BCUT2D eigenvalue weighted by atomic mass is 35.5. The molecule has 0 saturated carbocycles. The number of rotatable bonds is 10. The van der Waals surface area contributed by atoms with Gasteiger partial charge in [0, 0.05) is 17.6 Å². The summed E-state index contributed by atoms with van der Waals surface area (Å²) in [4.78, 5) is 27.5. The van der Waals surface area contributed by atoms with Gasteiger partial charge in [0.25, 0.3) is 5.91 Å². The van der Waals surface area contributed by atoms with Crippen LogP contribution >= 0.6 is 11.6 Å². The normalized spacial score (nSPS) is 12.7. The largest absolute Gasteiger partial charge is 0.484 e. The van der Waals surface area contributed by atoms with Gasteiger partial charge in [-0.15, -0.1) is 0 Å². The fraction of sp³-hybridized carbons (Fsp3) is 0.391. The molecule has 2 atom stereocenters. The minimum Gasteiger partial charge on any atom is -0.484 e. The highest BCUT2D eigenvalue weighted by molar-refractivity contribution is 6.30. The average Bonchev–Trinajstić information content (AvgIpc) is 2.72. The predicted octanol–water partition coefficient (Wildman–Crippen LogP) is 4.44. The summed E-state index contributed by atoms with van der Waals surface area (Å²) in [6, 6.07) is 16.0. The lowest BCUT2D eigenvalue weighted by atomic mass is 10.1. The lowest BCUT2D eigenvalue weighted by Crippen LogP contribution is -2.51. The molecule has 0 aliphatic heterocycles. The molecule has 1 N–H and O–H groups in total. The average molecular weight is 417 g/mol. The van der Waals surface area contributed by atoms with Gasteiger partial charge in [0.1, 0.15) is 11.8 Å². The zero-order valence-corrected chi connectivity index (χ0v) is 18.0. The number of amides is 2. The van der Waals surface area contributed by atoms with Crippen LogP contribution in [-0.2, 0) is 16.1 Å². The van der Waals surface area contributed by atoms with Crippen molar-refractivity contribution >= 4 is 23.4 Å². The minimum absolute atomic E-state index is 0.0490. The van der Waals surface area contributed by atoms with Crippen molar-refractivity contribution in [3.63, 3.8) is 0 Å². The third-order valence-corrected chi connectivity index (χ3v) is 4.98. The summed E-state index contributed by atoms with van der Waals surface area (Å²) >= 11 is 5.98. The van der Waals surface area contributed by atoms with E-state index in [1.807, 2.05) is 51.1 Å². The molecule has 0 fully saturated rings. The summed E-state index contributed by atoms with van der Waals surface area (Å²) < 4.78 is 5.64. The van der Waals surface area contributed by atoms with E-state index in [-0.39, 0.29) is 24.5 Å². The Labute approximate surface area is 178 Å². The summed E-state index contributed by atoms with van der Waals surface area (Å²) in [7, 11) is 0. The molecule has 2 amide bonds. The van der Waals surface area contributed by atoms with Gasteiger partial charge >= 0.3 is 0 Å². The Kier molecular flexibility index (Phi) is 9.00. The number of ether oxygens (including phenoxy) is 1. The van der Waals surface area contributed by atoms with Gasteiger partial charge in [-0.25, -0.2) is 0 Å². The van der Waals surface area contributed by atoms with Gasteiger partial charge in [0.05, 0.1) is 0 Å². The van der Waals surface area contributed by atoms with Crippen molar-refractivity contribution in [2.75, 3.05) is 6.61 Å². The fourth-order valence-electron chi connectivity index (χ4n) is 2.93. The fourth-order valence-corrected chi connectivity index (χ4v) is 3.11. The lowest BCUT2D eigenvalue weighted by molar-refractivity contribution is -0.143. The molecule has 0 aliphatic rings. The van der Waals surface area contributed by atoms with E-state index in [1.165, 1.54) is 0 Å². The van der Waals surface area contributed by atoms with Crippen LogP contribution in [0.25, 0.3) is 0 Å². The van der Waals surface area contributed by atoms with Crippen LogP contribution in [0, 0.1) is 0 Å². The number of halogens is 1. The van der Waals surface area contributed by atoms with Crippen LogP contribution in [-0.4, -0.2) is 35.4 Å². The molecule has 0 heterocycles. The highest BCUT2D eigenvalue weighted by Crippen LogP contribution is 2.18. The topological polar surface area (TPSA) is 58.6 Å². The molecule has 2 rings (SSSR count). The first-order chi connectivity index (χ1) is 13.9. The smallest absolute Gasteiger partial charge is 0.261 e. The molecule has 2 aromatic carbocycles. The maximum absolute atomic E-state index is 13.1. The molecule has 0 saturated heterocycles. The number of carbonyl (C=O) groups excluding carboxylic acids is 2. The number of hydrogen-bond acceptors (Lipinski definition) is 3. The first-order valence-corrected chi connectivity index (χ1v) is 10.3. The van der Waals surface area contributed by atoms with E-state index in [0.29, 0.717) is 23.7 Å². The van der Waals surface area contributed by atoms with Crippen molar-refractivity contribution in [2.24, 2.45) is 0 Å². The number of hydrogen-bond donors (Lipinski definition) is 1. The summed E-state index contributed by atoms with van der Waals surface area (Å²) in [5, 5.41) is 3.53. The van der Waals surface area contributed by atoms with Crippen LogP contribution in [0.1, 0.15) is 39.2 Å². The Bertz CT molecular complexity index is 798. The summed E-state index contributed by atoms with van der Waals surface area (Å²) in [6.07, 6.45) is 1.34. The minimum atomic E-state index is -0.570. The van der Waals surface area contributed by atoms with Gasteiger partial charge in [0.15, 0.2) is 6.61 Å². The van der Waals surface area contributed by atoms with Gasteiger partial charge in [-0.2, -0.15) is 0 Å². The molecule has 29 heavy (non-hydrogen) atoms. The van der Waals surface area contributed by atoms with Crippen LogP contribution in [0.3, 0.4) is 0 Å². The second-order valence-corrected chi connectivity index (χ2v) is 7.43. The Morgan fingerprint density at radius 1 is 1.07 bits per heavy atom. The van der Waals surface area contributed by atoms with E-state index in [9.17, 15) is 9.59 Å². The number of benzene rings is 2. The predicted molar refractivity (Wildman–Crippen MR) is 116 cm³/mol. The van der Waals surface area contributed by atoms with Crippen LogP contribution < -0.4 is 10.1 Å². The van der Waals surface area contributed by atoms with Crippen molar-refractivity contribution in [1.29, 1.82) is 0 Å². The standard InChI is InChI=1S/C23H29ClN2O3/c1-4-17(3)25-23(28)21(5-2)26(15-18-10-7-6-8-11-18)22(27)16-29-20-13-9-12-19(24)14-20/h6-14,17,21H,4-5,15-16H2,1-3H3,(H,25,28). The zero-order valence-electron chi connectivity index (χ0n) is 17.2. The summed E-state index contributed by atoms with van der Waals surface area (Å²) in [5.41, 5.74) is 0.957. The highest BCUT2D eigenvalue weighted by Gasteiger charge is 2.29.